The molecule has 0 aliphatic carbocycles. The highest BCUT2D eigenvalue weighted by Crippen LogP contribution is 2.56. The molecule has 4 aromatic heterocycles. The van der Waals surface area contributed by atoms with Gasteiger partial charge in [0.05, 0.1) is 0 Å². The van der Waals surface area contributed by atoms with Gasteiger partial charge in [-0.2, -0.15) is 0 Å². The molecule has 0 radical (unpaired) electrons. The van der Waals surface area contributed by atoms with E-state index < -0.39 is 44.5 Å². The SMILES string of the molecule is Cn1c(=O)c2ccc3c4ccc5c(=O)n(C)c(=O)c6cc7c8c9cc%10c(=O)n(C)c(=O)c%11ccc%12c%13ccc%14c(=O)n(C)c(=O)c%15cc(c8c8cc(c1=O)c2c3c8c7c4c56)c(c%13c%14%15)c9c%12c%11%10. The molecule has 0 aliphatic rings. The molecule has 12 heteroatoms. The maximum absolute atomic E-state index is 14.6. The third-order valence-corrected chi connectivity index (χ3v) is 15.8. The third-order valence-electron chi connectivity index (χ3n) is 15.8. The van der Waals surface area contributed by atoms with Crippen molar-refractivity contribution in [2.75, 3.05) is 0 Å². The van der Waals surface area contributed by atoms with E-state index in [-0.39, 0.29) is 0 Å². The molecular weight excluding hydrogens is 833 g/mol. The molecule has 0 unspecified atom stereocenters. The second-order valence-corrected chi connectivity index (χ2v) is 18.5. The average molecular weight is 857 g/mol. The van der Waals surface area contributed by atoms with Gasteiger partial charge in [0.25, 0.3) is 44.5 Å². The monoisotopic (exact) mass is 856 g/mol. The van der Waals surface area contributed by atoms with Crippen LogP contribution in [0.25, 0.3) is 162 Å². The molecule has 0 saturated heterocycles. The molecular formula is C54H24N4O8. The normalized spacial score (nSPS) is 13.3. The van der Waals surface area contributed by atoms with E-state index in [2.05, 4.69) is 0 Å². The Bertz CT molecular complexity index is 4940. The van der Waals surface area contributed by atoms with Crippen LogP contribution in [-0.4, -0.2) is 18.3 Å². The topological polar surface area (TPSA) is 156 Å². The molecule has 0 atom stereocenters. The highest BCUT2D eigenvalue weighted by atomic mass is 16.2. The summed E-state index contributed by atoms with van der Waals surface area (Å²) in [6, 6.07) is 21.7. The maximum atomic E-state index is 14.6. The summed E-state index contributed by atoms with van der Waals surface area (Å²) >= 11 is 0. The van der Waals surface area contributed by atoms with Crippen LogP contribution in [0.3, 0.4) is 0 Å². The lowest BCUT2D eigenvalue weighted by Crippen LogP contribution is -2.31. The predicted molar refractivity (Wildman–Crippen MR) is 265 cm³/mol. The summed E-state index contributed by atoms with van der Waals surface area (Å²) in [5, 5.41) is 16.8. The van der Waals surface area contributed by atoms with Gasteiger partial charge in [-0.15, -0.1) is 0 Å². The van der Waals surface area contributed by atoms with Gasteiger partial charge in [-0.05, 0) is 145 Å². The van der Waals surface area contributed by atoms with Gasteiger partial charge in [-0.3, -0.25) is 56.6 Å². The van der Waals surface area contributed by atoms with Crippen molar-refractivity contribution in [3.63, 3.8) is 0 Å². The smallest absolute Gasteiger partial charge is 0.261 e. The van der Waals surface area contributed by atoms with E-state index in [0.717, 1.165) is 39.8 Å². The Balaban J connectivity index is 1.39. The zero-order valence-electron chi connectivity index (χ0n) is 35.0. The number of fused-ring (bicyclic) bond motifs is 7. The molecule has 0 amide bonds. The highest BCUT2D eigenvalue weighted by Gasteiger charge is 2.32. The fraction of sp³-hybridized carbons (Fsp3) is 0.0741. The van der Waals surface area contributed by atoms with Crippen LogP contribution < -0.4 is 44.5 Å². The number of rotatable bonds is 0. The summed E-state index contributed by atoms with van der Waals surface area (Å²) in [5.74, 6) is 0. The standard InChI is InChI=1S/C54H24N4O8/c1-55-47(59)21-9-5-17-18-6-10-22-34-31(53(65)57(3)48(22)60)15-27-38-28-16-32-36-24(50(62)58(4)54(32)66)12-8-20-19-7-11-23-35-30(52(64)56(2)49(23)61)14-26(45(41(19)35)46(28)42(20)36)37(38)25-13-29(51(55)63)33(21)39(17)43(25)44(27)40(18)34/h5-16H,1-4H3. The fourth-order valence-electron chi connectivity index (χ4n) is 13.0. The van der Waals surface area contributed by atoms with Gasteiger partial charge in [0.2, 0.25) is 0 Å². The van der Waals surface area contributed by atoms with Crippen molar-refractivity contribution >= 4 is 162 Å². The van der Waals surface area contributed by atoms with Crippen LogP contribution in [0.5, 0.6) is 0 Å². The minimum Gasteiger partial charge on any atom is -0.277 e. The third kappa shape index (κ3) is 3.24. The molecule has 16 rings (SSSR count). The van der Waals surface area contributed by atoms with Gasteiger partial charge in [-0.1, -0.05) is 24.3 Å². The number of aromatic nitrogens is 4. The predicted octanol–water partition coefficient (Wildman–Crippen LogP) is 6.72. The minimum absolute atomic E-state index is 0.306. The molecule has 0 aliphatic heterocycles. The van der Waals surface area contributed by atoms with Crippen molar-refractivity contribution in [3.8, 4) is 0 Å². The molecule has 16 aromatic rings. The van der Waals surface area contributed by atoms with Crippen LogP contribution in [0.15, 0.2) is 111 Å². The maximum Gasteiger partial charge on any atom is 0.261 e. The molecule has 4 heterocycles. The molecule has 0 spiro atoms. The summed E-state index contributed by atoms with van der Waals surface area (Å²) in [6.07, 6.45) is 0. The Morgan fingerprint density at radius 1 is 0.197 bits per heavy atom. The van der Waals surface area contributed by atoms with Crippen LogP contribution in [0, 0.1) is 0 Å². The summed E-state index contributed by atoms with van der Waals surface area (Å²) in [6.45, 7) is 0. The quantitative estimate of drug-likeness (QED) is 0.120. The Morgan fingerprint density at radius 3 is 0.561 bits per heavy atom. The van der Waals surface area contributed by atoms with Crippen molar-refractivity contribution < 1.29 is 0 Å². The van der Waals surface area contributed by atoms with E-state index >= 15 is 0 Å². The Hall–Kier alpha value is -8.90. The second kappa shape index (κ2) is 10.2. The molecule has 12 nitrogen and oxygen atoms in total. The number of benzene rings is 12. The van der Waals surface area contributed by atoms with Crippen molar-refractivity contribution in [2.45, 2.75) is 0 Å². The van der Waals surface area contributed by atoms with Crippen LogP contribution in [0.1, 0.15) is 0 Å². The first-order chi connectivity index (χ1) is 31.8. The van der Waals surface area contributed by atoms with E-state index in [1.807, 2.05) is 48.5 Å². The molecule has 308 valence electrons. The molecule has 0 saturated carbocycles. The van der Waals surface area contributed by atoms with Gasteiger partial charge in [0, 0.05) is 92.8 Å². The average Bonchev–Trinajstić information content (AvgIpc) is 3.33. The van der Waals surface area contributed by atoms with Crippen LogP contribution in [0.4, 0.5) is 0 Å². The van der Waals surface area contributed by atoms with Gasteiger partial charge in [0.15, 0.2) is 0 Å². The van der Waals surface area contributed by atoms with E-state index in [9.17, 15) is 38.4 Å². The van der Waals surface area contributed by atoms with Crippen molar-refractivity contribution in [2.24, 2.45) is 28.2 Å². The molecule has 0 N–H and O–H groups in total. The lowest BCUT2D eigenvalue weighted by atomic mass is 9.76. The van der Waals surface area contributed by atoms with E-state index in [1.54, 1.807) is 24.3 Å². The number of nitrogens with zero attached hydrogens (tertiary/aromatic N) is 4. The Morgan fingerprint density at radius 2 is 0.348 bits per heavy atom. The Labute approximate surface area is 362 Å². The van der Waals surface area contributed by atoms with Crippen LogP contribution in [-0.2, 0) is 28.2 Å². The first kappa shape index (κ1) is 34.6. The summed E-state index contributed by atoms with van der Waals surface area (Å²) in [4.78, 5) is 114. The first-order valence-electron chi connectivity index (χ1n) is 21.4. The first-order valence-corrected chi connectivity index (χ1v) is 21.4. The highest BCUT2D eigenvalue weighted by molar-refractivity contribution is 6.56. The zero-order valence-corrected chi connectivity index (χ0v) is 35.0. The number of hydrogen-bond donors (Lipinski definition) is 0. The van der Waals surface area contributed by atoms with Crippen LogP contribution >= 0.6 is 0 Å². The lowest BCUT2D eigenvalue weighted by Gasteiger charge is -2.26. The lowest BCUT2D eigenvalue weighted by molar-refractivity contribution is 0.841. The van der Waals surface area contributed by atoms with Crippen LogP contribution in [0.2, 0.25) is 0 Å². The van der Waals surface area contributed by atoms with Gasteiger partial charge >= 0.3 is 0 Å². The zero-order chi connectivity index (χ0) is 44.7. The van der Waals surface area contributed by atoms with Gasteiger partial charge in [0.1, 0.15) is 0 Å². The molecule has 66 heavy (non-hydrogen) atoms. The number of hydrogen-bond acceptors (Lipinski definition) is 8. The molecule has 0 fully saturated rings. The van der Waals surface area contributed by atoms with Crippen molar-refractivity contribution in [1.29, 1.82) is 0 Å². The van der Waals surface area contributed by atoms with Crippen molar-refractivity contribution in [3.05, 3.63) is 156 Å². The molecule has 0 bridgehead atoms. The summed E-state index contributed by atoms with van der Waals surface area (Å²) in [5.41, 5.74) is -3.74. The van der Waals surface area contributed by atoms with Crippen molar-refractivity contribution in [1.82, 2.24) is 18.3 Å². The van der Waals surface area contributed by atoms with Gasteiger partial charge < -0.3 is 0 Å². The second-order valence-electron chi connectivity index (χ2n) is 18.5. The summed E-state index contributed by atoms with van der Waals surface area (Å²) < 4.78 is 4.46. The fourth-order valence-corrected chi connectivity index (χ4v) is 13.0. The van der Waals surface area contributed by atoms with E-state index in [0.29, 0.717) is 140 Å². The largest absolute Gasteiger partial charge is 0.277 e. The van der Waals surface area contributed by atoms with Gasteiger partial charge in [-0.25, -0.2) is 0 Å². The Kier molecular flexibility index (Phi) is 5.35. The number of pyridine rings is 4. The van der Waals surface area contributed by atoms with E-state index in [4.69, 9.17) is 0 Å². The molecule has 12 aromatic carbocycles. The van der Waals surface area contributed by atoms with E-state index in [1.165, 1.54) is 28.2 Å². The summed E-state index contributed by atoms with van der Waals surface area (Å²) in [7, 11) is 5.84. The minimum atomic E-state index is -0.491.